The quantitative estimate of drug-likeness (QED) is 0.626. The highest BCUT2D eigenvalue weighted by Crippen LogP contribution is 2.59. The SMILES string of the molecule is CC(=O)Oc1ccc2c(c1)CCC1C3CCC(=O)C3(C)CC(=O)C21O. The maximum Gasteiger partial charge on any atom is 0.308 e. The Kier molecular flexibility index (Phi) is 3.45. The van der Waals surface area contributed by atoms with E-state index in [9.17, 15) is 19.5 Å². The van der Waals surface area contributed by atoms with Crippen molar-refractivity contribution in [1.82, 2.24) is 0 Å². The minimum Gasteiger partial charge on any atom is -0.427 e. The molecule has 0 spiro atoms. The summed E-state index contributed by atoms with van der Waals surface area (Å²) in [5.41, 5.74) is -0.690. The Labute approximate surface area is 146 Å². The molecule has 4 atom stereocenters. The lowest BCUT2D eigenvalue weighted by atomic mass is 9.53. The zero-order valence-corrected chi connectivity index (χ0v) is 14.5. The van der Waals surface area contributed by atoms with Crippen molar-refractivity contribution in [3.05, 3.63) is 29.3 Å². The molecule has 3 aliphatic rings. The first kappa shape index (κ1) is 16.5. The van der Waals surface area contributed by atoms with E-state index < -0.39 is 17.0 Å². The van der Waals surface area contributed by atoms with Crippen molar-refractivity contribution in [2.45, 2.75) is 51.6 Å². The molecule has 0 aromatic heterocycles. The fourth-order valence-electron chi connectivity index (χ4n) is 5.39. The van der Waals surface area contributed by atoms with Crippen LogP contribution in [0.4, 0.5) is 0 Å². The van der Waals surface area contributed by atoms with Gasteiger partial charge in [0.2, 0.25) is 0 Å². The Morgan fingerprint density at radius 2 is 1.88 bits per heavy atom. The summed E-state index contributed by atoms with van der Waals surface area (Å²) in [4.78, 5) is 36.5. The lowest BCUT2D eigenvalue weighted by Crippen LogP contribution is -2.57. The van der Waals surface area contributed by atoms with E-state index in [4.69, 9.17) is 4.74 Å². The Bertz CT molecular complexity index is 797. The van der Waals surface area contributed by atoms with Gasteiger partial charge in [-0.1, -0.05) is 13.0 Å². The molecule has 0 aliphatic heterocycles. The Balaban J connectivity index is 1.78. The average molecular weight is 342 g/mol. The summed E-state index contributed by atoms with van der Waals surface area (Å²) in [6.07, 6.45) is 2.71. The smallest absolute Gasteiger partial charge is 0.308 e. The molecular weight excluding hydrogens is 320 g/mol. The van der Waals surface area contributed by atoms with Gasteiger partial charge in [0.1, 0.15) is 11.5 Å². The number of esters is 1. The Morgan fingerprint density at radius 3 is 2.60 bits per heavy atom. The van der Waals surface area contributed by atoms with Gasteiger partial charge in [0.05, 0.1) is 0 Å². The maximum atomic E-state index is 13.0. The number of ether oxygens (including phenoxy) is 1. The van der Waals surface area contributed by atoms with Crippen LogP contribution in [0.2, 0.25) is 0 Å². The van der Waals surface area contributed by atoms with Gasteiger partial charge in [-0.05, 0) is 48.4 Å². The van der Waals surface area contributed by atoms with E-state index in [0.29, 0.717) is 30.6 Å². The van der Waals surface area contributed by atoms with Crippen molar-refractivity contribution in [2.75, 3.05) is 0 Å². The summed E-state index contributed by atoms with van der Waals surface area (Å²) in [6, 6.07) is 5.07. The van der Waals surface area contributed by atoms with Crippen molar-refractivity contribution >= 4 is 17.5 Å². The molecule has 4 unspecified atom stereocenters. The molecule has 2 saturated carbocycles. The second-order valence-electron chi connectivity index (χ2n) is 7.91. The highest BCUT2D eigenvalue weighted by molar-refractivity contribution is 5.98. The number of hydrogen-bond acceptors (Lipinski definition) is 5. The van der Waals surface area contributed by atoms with Crippen molar-refractivity contribution in [1.29, 1.82) is 0 Å². The lowest BCUT2D eigenvalue weighted by Gasteiger charge is -2.51. The van der Waals surface area contributed by atoms with E-state index >= 15 is 0 Å². The van der Waals surface area contributed by atoms with E-state index in [1.807, 2.05) is 6.92 Å². The monoisotopic (exact) mass is 342 g/mol. The standard InChI is InChI=1S/C20H22O5/c1-11(21)25-13-4-6-14-12(9-13)3-5-16-15-7-8-17(22)19(15,2)10-18(23)20(14,16)24/h4,6,9,15-16,24H,3,5,7-8,10H2,1-2H3. The molecule has 3 aliphatic carbocycles. The number of aliphatic hydroxyl groups is 1. The van der Waals surface area contributed by atoms with Gasteiger partial charge >= 0.3 is 5.97 Å². The average Bonchev–Trinajstić information content (AvgIpc) is 2.82. The van der Waals surface area contributed by atoms with Gasteiger partial charge in [-0.2, -0.15) is 0 Å². The van der Waals surface area contributed by atoms with E-state index in [1.54, 1.807) is 18.2 Å². The zero-order chi connectivity index (χ0) is 18.0. The highest BCUT2D eigenvalue weighted by Gasteiger charge is 2.63. The molecule has 0 heterocycles. The molecule has 5 heteroatoms. The first-order chi connectivity index (χ1) is 11.8. The van der Waals surface area contributed by atoms with Crippen LogP contribution in [-0.4, -0.2) is 22.6 Å². The van der Waals surface area contributed by atoms with Crippen LogP contribution in [0, 0.1) is 17.3 Å². The van der Waals surface area contributed by atoms with Crippen molar-refractivity contribution in [3.8, 4) is 5.75 Å². The molecule has 1 aromatic rings. The fraction of sp³-hybridized carbons (Fsp3) is 0.550. The molecule has 0 radical (unpaired) electrons. The van der Waals surface area contributed by atoms with Crippen LogP contribution in [-0.2, 0) is 26.4 Å². The van der Waals surface area contributed by atoms with Gasteiger partial charge in [-0.15, -0.1) is 0 Å². The number of Topliss-reactive ketones (excluding diaryl/α,β-unsaturated/α-hetero) is 2. The van der Waals surface area contributed by atoms with Crippen LogP contribution < -0.4 is 4.74 Å². The topological polar surface area (TPSA) is 80.7 Å². The van der Waals surface area contributed by atoms with Crippen LogP contribution in [0.3, 0.4) is 0 Å². The molecule has 0 bridgehead atoms. The van der Waals surface area contributed by atoms with Gasteiger partial charge in [-0.25, -0.2) is 0 Å². The molecular formula is C20H22O5. The third-order valence-electron chi connectivity index (χ3n) is 6.59. The largest absolute Gasteiger partial charge is 0.427 e. The van der Waals surface area contributed by atoms with E-state index in [-0.39, 0.29) is 29.8 Å². The number of ketones is 2. The predicted molar refractivity (Wildman–Crippen MR) is 88.9 cm³/mol. The van der Waals surface area contributed by atoms with Gasteiger partial charge in [0.15, 0.2) is 11.4 Å². The number of hydrogen-bond donors (Lipinski definition) is 1. The van der Waals surface area contributed by atoms with Crippen molar-refractivity contribution in [3.63, 3.8) is 0 Å². The maximum absolute atomic E-state index is 13.0. The van der Waals surface area contributed by atoms with E-state index in [1.165, 1.54) is 6.92 Å². The van der Waals surface area contributed by atoms with Crippen LogP contribution >= 0.6 is 0 Å². The molecule has 25 heavy (non-hydrogen) atoms. The first-order valence-electron chi connectivity index (χ1n) is 8.87. The normalized spacial score (nSPS) is 36.4. The van der Waals surface area contributed by atoms with E-state index in [0.717, 1.165) is 12.0 Å². The predicted octanol–water partition coefficient (Wildman–Crippen LogP) is 2.32. The summed E-state index contributed by atoms with van der Waals surface area (Å²) in [6.45, 7) is 3.23. The summed E-state index contributed by atoms with van der Waals surface area (Å²) in [7, 11) is 0. The minimum atomic E-state index is -1.53. The van der Waals surface area contributed by atoms with Gasteiger partial charge in [-0.3, -0.25) is 14.4 Å². The molecule has 0 amide bonds. The number of fused-ring (bicyclic) bond motifs is 5. The fourth-order valence-corrected chi connectivity index (χ4v) is 5.39. The van der Waals surface area contributed by atoms with E-state index in [2.05, 4.69) is 0 Å². The summed E-state index contributed by atoms with van der Waals surface area (Å²) in [5, 5.41) is 11.5. The number of rotatable bonds is 1. The molecule has 1 aromatic carbocycles. The van der Waals surface area contributed by atoms with Crippen LogP contribution in [0.5, 0.6) is 5.75 Å². The van der Waals surface area contributed by atoms with Crippen LogP contribution in [0.15, 0.2) is 18.2 Å². The second kappa shape index (κ2) is 5.24. The summed E-state index contributed by atoms with van der Waals surface area (Å²) < 4.78 is 5.13. The molecule has 132 valence electrons. The second-order valence-corrected chi connectivity index (χ2v) is 7.91. The van der Waals surface area contributed by atoms with Crippen LogP contribution in [0.1, 0.15) is 50.7 Å². The van der Waals surface area contributed by atoms with Gasteiger partial charge in [0.25, 0.3) is 0 Å². The highest BCUT2D eigenvalue weighted by atomic mass is 16.5. The first-order valence-corrected chi connectivity index (χ1v) is 8.87. The molecule has 2 fully saturated rings. The molecule has 4 rings (SSSR count). The number of carbonyl (C=O) groups excluding carboxylic acids is 3. The molecule has 1 N–H and O–H groups in total. The zero-order valence-electron chi connectivity index (χ0n) is 14.5. The summed E-state index contributed by atoms with van der Waals surface area (Å²) >= 11 is 0. The third kappa shape index (κ3) is 2.15. The number of benzene rings is 1. The van der Waals surface area contributed by atoms with Gasteiger partial charge in [0, 0.05) is 31.1 Å². The molecule has 5 nitrogen and oxygen atoms in total. The third-order valence-corrected chi connectivity index (χ3v) is 6.59. The van der Waals surface area contributed by atoms with Crippen molar-refractivity contribution in [2.24, 2.45) is 17.3 Å². The number of aryl methyl sites for hydroxylation is 1. The molecule has 0 saturated heterocycles. The Hall–Kier alpha value is -2.01. The van der Waals surface area contributed by atoms with Crippen molar-refractivity contribution < 1.29 is 24.2 Å². The lowest BCUT2D eigenvalue weighted by molar-refractivity contribution is -0.169. The van der Waals surface area contributed by atoms with Crippen LogP contribution in [0.25, 0.3) is 0 Å². The van der Waals surface area contributed by atoms with Gasteiger partial charge < -0.3 is 9.84 Å². The minimum absolute atomic E-state index is 0.0454. The Morgan fingerprint density at radius 1 is 1.16 bits per heavy atom. The number of carbonyl (C=O) groups is 3. The summed E-state index contributed by atoms with van der Waals surface area (Å²) in [5.74, 6) is -0.253.